The molecule has 3 heteroatoms. The summed E-state index contributed by atoms with van der Waals surface area (Å²) in [5, 5.41) is 0. The fourth-order valence-corrected chi connectivity index (χ4v) is 0.829. The van der Waals surface area contributed by atoms with Crippen LogP contribution in [0.25, 0.3) is 0 Å². The normalized spacial score (nSPS) is 11.6. The molecule has 1 heterocycles. The molecule has 72 valence electrons. The molecule has 0 atom stereocenters. The van der Waals surface area contributed by atoms with Gasteiger partial charge in [0.1, 0.15) is 0 Å². The van der Waals surface area contributed by atoms with Crippen LogP contribution in [0.4, 0.5) is 0 Å². The predicted molar refractivity (Wildman–Crippen MR) is 51.9 cm³/mol. The first kappa shape index (κ1) is 10.2. The molecule has 0 unspecified atom stereocenters. The van der Waals surface area contributed by atoms with E-state index < -0.39 is 0 Å². The SMILES string of the molecule is CC(C)(C)ONCc1ccccn1. The van der Waals surface area contributed by atoms with Gasteiger partial charge < -0.3 is 0 Å². The summed E-state index contributed by atoms with van der Waals surface area (Å²) in [6.07, 6.45) is 1.77. The molecular weight excluding hydrogens is 164 g/mol. The van der Waals surface area contributed by atoms with Crippen LogP contribution in [0.2, 0.25) is 0 Å². The maximum Gasteiger partial charge on any atom is 0.0813 e. The first-order valence-electron chi connectivity index (χ1n) is 4.39. The lowest BCUT2D eigenvalue weighted by Crippen LogP contribution is -2.28. The van der Waals surface area contributed by atoms with Gasteiger partial charge in [0.2, 0.25) is 0 Å². The van der Waals surface area contributed by atoms with Gasteiger partial charge in [-0.2, -0.15) is 5.48 Å². The zero-order valence-electron chi connectivity index (χ0n) is 8.37. The van der Waals surface area contributed by atoms with Crippen molar-refractivity contribution in [1.82, 2.24) is 10.5 Å². The van der Waals surface area contributed by atoms with Gasteiger partial charge in [-0.15, -0.1) is 0 Å². The number of rotatable bonds is 3. The second-order valence-corrected chi connectivity index (χ2v) is 3.86. The highest BCUT2D eigenvalue weighted by molar-refractivity contribution is 5.02. The van der Waals surface area contributed by atoms with Gasteiger partial charge >= 0.3 is 0 Å². The molecular formula is C10H16N2O. The van der Waals surface area contributed by atoms with E-state index in [0.29, 0.717) is 6.54 Å². The molecule has 0 aromatic carbocycles. The van der Waals surface area contributed by atoms with Crippen molar-refractivity contribution in [3.8, 4) is 0 Å². The Hall–Kier alpha value is -0.930. The van der Waals surface area contributed by atoms with Gasteiger partial charge in [0.05, 0.1) is 17.8 Å². The van der Waals surface area contributed by atoms with Crippen molar-refractivity contribution in [3.63, 3.8) is 0 Å². The van der Waals surface area contributed by atoms with Crippen LogP contribution >= 0.6 is 0 Å². The highest BCUT2D eigenvalue weighted by Gasteiger charge is 2.09. The lowest BCUT2D eigenvalue weighted by Gasteiger charge is -2.18. The molecule has 0 bridgehead atoms. The van der Waals surface area contributed by atoms with Gasteiger partial charge in [-0.25, -0.2) is 0 Å². The highest BCUT2D eigenvalue weighted by Crippen LogP contribution is 2.04. The van der Waals surface area contributed by atoms with Crippen LogP contribution in [-0.2, 0) is 11.4 Å². The summed E-state index contributed by atoms with van der Waals surface area (Å²) in [5.41, 5.74) is 3.70. The third-order valence-electron chi connectivity index (χ3n) is 1.36. The average Bonchev–Trinajstić information content (AvgIpc) is 2.04. The molecule has 0 radical (unpaired) electrons. The summed E-state index contributed by atoms with van der Waals surface area (Å²) >= 11 is 0. The van der Waals surface area contributed by atoms with Crippen molar-refractivity contribution in [2.45, 2.75) is 32.9 Å². The molecule has 0 saturated carbocycles. The maximum absolute atomic E-state index is 5.34. The predicted octanol–water partition coefficient (Wildman–Crippen LogP) is 1.90. The number of hydroxylamine groups is 1. The Balaban J connectivity index is 2.29. The zero-order valence-corrected chi connectivity index (χ0v) is 8.37. The van der Waals surface area contributed by atoms with Crippen LogP contribution in [-0.4, -0.2) is 10.6 Å². The third-order valence-corrected chi connectivity index (χ3v) is 1.36. The van der Waals surface area contributed by atoms with E-state index in [4.69, 9.17) is 4.84 Å². The van der Waals surface area contributed by atoms with E-state index in [1.807, 2.05) is 39.0 Å². The maximum atomic E-state index is 5.34. The second kappa shape index (κ2) is 4.35. The lowest BCUT2D eigenvalue weighted by atomic mass is 10.2. The van der Waals surface area contributed by atoms with Crippen LogP contribution in [0.5, 0.6) is 0 Å². The molecule has 0 spiro atoms. The molecule has 13 heavy (non-hydrogen) atoms. The third kappa shape index (κ3) is 4.60. The topological polar surface area (TPSA) is 34.1 Å². The Morgan fingerprint density at radius 3 is 2.69 bits per heavy atom. The standard InChI is InChI=1S/C10H16N2O/c1-10(2,3)13-12-8-9-6-4-5-7-11-9/h4-7,12H,8H2,1-3H3. The van der Waals surface area contributed by atoms with E-state index in [1.165, 1.54) is 0 Å². The molecule has 1 aromatic heterocycles. The van der Waals surface area contributed by atoms with Gasteiger partial charge in [0.15, 0.2) is 0 Å². The lowest BCUT2D eigenvalue weighted by molar-refractivity contribution is -0.0761. The van der Waals surface area contributed by atoms with Crippen molar-refractivity contribution < 1.29 is 4.84 Å². The Kier molecular flexibility index (Phi) is 3.39. The Morgan fingerprint density at radius 1 is 1.38 bits per heavy atom. The number of hydrogen-bond donors (Lipinski definition) is 1. The monoisotopic (exact) mass is 180 g/mol. The van der Waals surface area contributed by atoms with E-state index in [9.17, 15) is 0 Å². The first-order valence-corrected chi connectivity index (χ1v) is 4.39. The van der Waals surface area contributed by atoms with Crippen molar-refractivity contribution in [2.24, 2.45) is 0 Å². The molecule has 1 aromatic rings. The number of nitrogens with zero attached hydrogens (tertiary/aromatic N) is 1. The van der Waals surface area contributed by atoms with Crippen LogP contribution in [0.3, 0.4) is 0 Å². The Bertz CT molecular complexity index is 241. The van der Waals surface area contributed by atoms with Crippen LogP contribution in [0.15, 0.2) is 24.4 Å². The number of hydrogen-bond acceptors (Lipinski definition) is 3. The fraction of sp³-hybridized carbons (Fsp3) is 0.500. The van der Waals surface area contributed by atoms with Crippen molar-refractivity contribution in [3.05, 3.63) is 30.1 Å². The summed E-state index contributed by atoms with van der Waals surface area (Å²) in [4.78, 5) is 9.50. The largest absolute Gasteiger partial charge is 0.296 e. The summed E-state index contributed by atoms with van der Waals surface area (Å²) < 4.78 is 0. The molecule has 3 nitrogen and oxygen atoms in total. The number of aromatic nitrogens is 1. The molecule has 0 aliphatic heterocycles. The van der Waals surface area contributed by atoms with E-state index in [-0.39, 0.29) is 5.60 Å². The summed E-state index contributed by atoms with van der Waals surface area (Å²) in [6, 6.07) is 5.81. The van der Waals surface area contributed by atoms with Crippen molar-refractivity contribution in [1.29, 1.82) is 0 Å². The van der Waals surface area contributed by atoms with Crippen LogP contribution in [0, 0.1) is 0 Å². The number of pyridine rings is 1. The van der Waals surface area contributed by atoms with Gasteiger partial charge in [-0.05, 0) is 32.9 Å². The van der Waals surface area contributed by atoms with Gasteiger partial charge in [-0.1, -0.05) is 6.07 Å². The summed E-state index contributed by atoms with van der Waals surface area (Å²) in [7, 11) is 0. The summed E-state index contributed by atoms with van der Waals surface area (Å²) in [6.45, 7) is 6.63. The van der Waals surface area contributed by atoms with E-state index in [0.717, 1.165) is 5.69 Å². The second-order valence-electron chi connectivity index (χ2n) is 3.86. The smallest absolute Gasteiger partial charge is 0.0813 e. The zero-order chi connectivity index (χ0) is 9.73. The van der Waals surface area contributed by atoms with Gasteiger partial charge in [-0.3, -0.25) is 9.82 Å². The van der Waals surface area contributed by atoms with Crippen LogP contribution < -0.4 is 5.48 Å². The molecule has 0 aliphatic rings. The van der Waals surface area contributed by atoms with Gasteiger partial charge in [0.25, 0.3) is 0 Å². The van der Waals surface area contributed by atoms with E-state index in [1.54, 1.807) is 6.20 Å². The number of nitrogens with one attached hydrogen (secondary N) is 1. The van der Waals surface area contributed by atoms with Gasteiger partial charge in [0, 0.05) is 6.20 Å². The molecule has 0 aliphatic carbocycles. The highest BCUT2D eigenvalue weighted by atomic mass is 16.7. The first-order chi connectivity index (χ1) is 6.08. The average molecular weight is 180 g/mol. The molecule has 1 N–H and O–H groups in total. The molecule has 1 rings (SSSR count). The van der Waals surface area contributed by atoms with Crippen LogP contribution in [0.1, 0.15) is 26.5 Å². The minimum Gasteiger partial charge on any atom is -0.296 e. The molecule has 0 saturated heterocycles. The molecule has 0 fully saturated rings. The van der Waals surface area contributed by atoms with E-state index >= 15 is 0 Å². The quantitative estimate of drug-likeness (QED) is 0.721. The Morgan fingerprint density at radius 2 is 2.15 bits per heavy atom. The minimum absolute atomic E-state index is 0.158. The van der Waals surface area contributed by atoms with Crippen molar-refractivity contribution >= 4 is 0 Å². The minimum atomic E-state index is -0.158. The Labute approximate surface area is 79.1 Å². The summed E-state index contributed by atoms with van der Waals surface area (Å²) in [5.74, 6) is 0. The van der Waals surface area contributed by atoms with E-state index in [2.05, 4.69) is 10.5 Å². The molecule has 0 amide bonds. The van der Waals surface area contributed by atoms with Crippen molar-refractivity contribution in [2.75, 3.05) is 0 Å². The fourth-order valence-electron chi connectivity index (χ4n) is 0.829.